The van der Waals surface area contributed by atoms with E-state index in [4.69, 9.17) is 4.74 Å². The number of halogens is 3. The van der Waals surface area contributed by atoms with Crippen molar-refractivity contribution in [3.63, 3.8) is 0 Å². The van der Waals surface area contributed by atoms with Gasteiger partial charge in [-0.05, 0) is 56.1 Å². The zero-order valence-electron chi connectivity index (χ0n) is 9.88. The molecule has 19 heavy (non-hydrogen) atoms. The molecule has 0 spiro atoms. The Balaban J connectivity index is 2.25. The number of methoxy groups -OCH3 is 1. The summed E-state index contributed by atoms with van der Waals surface area (Å²) in [7, 11) is 1.61. The number of benzene rings is 1. The fourth-order valence-electron chi connectivity index (χ4n) is 1.63. The van der Waals surface area contributed by atoms with E-state index in [9.17, 15) is 4.79 Å². The van der Waals surface area contributed by atoms with Crippen LogP contribution < -0.4 is 4.74 Å². The third-order valence-corrected chi connectivity index (χ3v) is 6.30. The van der Waals surface area contributed by atoms with E-state index >= 15 is 0 Å². The number of carbonyl (C=O) groups is 1. The Kier molecular flexibility index (Phi) is 5.22. The maximum atomic E-state index is 12.3. The van der Waals surface area contributed by atoms with Gasteiger partial charge in [-0.25, -0.2) is 0 Å². The highest BCUT2D eigenvalue weighted by Crippen LogP contribution is 2.33. The Morgan fingerprint density at radius 2 is 2.00 bits per heavy atom. The Morgan fingerprint density at radius 1 is 1.26 bits per heavy atom. The molecule has 100 valence electrons. The molecule has 0 saturated carbocycles. The first-order chi connectivity index (χ1) is 9.01. The minimum Gasteiger partial charge on any atom is -0.496 e. The second kappa shape index (κ2) is 6.52. The molecular weight excluding hydrogens is 460 g/mol. The van der Waals surface area contributed by atoms with Gasteiger partial charge in [-0.1, -0.05) is 15.9 Å². The molecule has 0 fully saturated rings. The van der Waals surface area contributed by atoms with Crippen LogP contribution in [-0.2, 0) is 6.42 Å². The summed E-state index contributed by atoms with van der Waals surface area (Å²) in [6, 6.07) is 7.49. The lowest BCUT2D eigenvalue weighted by atomic mass is 10.1. The average Bonchev–Trinajstić information content (AvgIpc) is 2.70. The van der Waals surface area contributed by atoms with Gasteiger partial charge in [-0.2, -0.15) is 0 Å². The second-order valence-electron chi connectivity index (χ2n) is 3.79. The minimum atomic E-state index is 0.0767. The first-order valence-corrected chi connectivity index (χ1v) is 8.51. The van der Waals surface area contributed by atoms with Crippen molar-refractivity contribution in [1.82, 2.24) is 0 Å². The van der Waals surface area contributed by atoms with Gasteiger partial charge in [0.2, 0.25) is 0 Å². The molecule has 0 aliphatic carbocycles. The second-order valence-corrected chi connectivity index (χ2v) is 7.93. The molecule has 1 aromatic heterocycles. The fourth-order valence-corrected chi connectivity index (χ4v) is 4.01. The summed E-state index contributed by atoms with van der Waals surface area (Å²) in [6.45, 7) is 0. The molecule has 0 atom stereocenters. The van der Waals surface area contributed by atoms with E-state index in [0.29, 0.717) is 6.42 Å². The van der Waals surface area contributed by atoms with E-state index in [1.165, 1.54) is 11.3 Å². The molecule has 0 saturated heterocycles. The first kappa shape index (κ1) is 15.2. The van der Waals surface area contributed by atoms with Gasteiger partial charge >= 0.3 is 0 Å². The Morgan fingerprint density at radius 3 is 2.58 bits per heavy atom. The number of carbonyl (C=O) groups excluding carboxylic acids is 1. The molecule has 0 radical (unpaired) electrons. The van der Waals surface area contributed by atoms with Gasteiger partial charge in [0.1, 0.15) is 5.75 Å². The van der Waals surface area contributed by atoms with E-state index in [0.717, 1.165) is 28.9 Å². The Labute approximate surface area is 140 Å². The minimum absolute atomic E-state index is 0.0767. The van der Waals surface area contributed by atoms with E-state index in [1.54, 1.807) is 7.11 Å². The summed E-state index contributed by atoms with van der Waals surface area (Å²) in [4.78, 5) is 13.0. The van der Waals surface area contributed by atoms with Gasteiger partial charge in [0, 0.05) is 20.9 Å². The highest BCUT2D eigenvalue weighted by atomic mass is 79.9. The van der Waals surface area contributed by atoms with Crippen LogP contribution >= 0.6 is 59.1 Å². The number of rotatable bonds is 4. The van der Waals surface area contributed by atoms with E-state index in [1.807, 2.05) is 24.3 Å². The van der Waals surface area contributed by atoms with Crippen molar-refractivity contribution >= 4 is 64.9 Å². The van der Waals surface area contributed by atoms with Crippen LogP contribution in [0.1, 0.15) is 15.2 Å². The molecule has 2 rings (SSSR count). The molecule has 6 heteroatoms. The molecule has 0 aliphatic heterocycles. The van der Waals surface area contributed by atoms with Gasteiger partial charge in [0.15, 0.2) is 5.78 Å². The zero-order valence-corrected chi connectivity index (χ0v) is 15.4. The lowest BCUT2D eigenvalue weighted by Gasteiger charge is -2.07. The van der Waals surface area contributed by atoms with Gasteiger partial charge in [0.05, 0.1) is 15.8 Å². The lowest BCUT2D eigenvalue weighted by molar-refractivity contribution is 0.0996. The monoisotopic (exact) mass is 466 g/mol. The van der Waals surface area contributed by atoms with Gasteiger partial charge in [-0.3, -0.25) is 4.79 Å². The smallest absolute Gasteiger partial charge is 0.177 e. The van der Waals surface area contributed by atoms with Gasteiger partial charge in [0.25, 0.3) is 0 Å². The van der Waals surface area contributed by atoms with Crippen molar-refractivity contribution in [2.75, 3.05) is 7.11 Å². The highest BCUT2D eigenvalue weighted by molar-refractivity contribution is 9.13. The summed E-state index contributed by atoms with van der Waals surface area (Å²) < 4.78 is 8.05. The maximum Gasteiger partial charge on any atom is 0.177 e. The van der Waals surface area contributed by atoms with Crippen LogP contribution in [0.5, 0.6) is 5.75 Å². The maximum absolute atomic E-state index is 12.3. The lowest BCUT2D eigenvalue weighted by Crippen LogP contribution is -2.03. The van der Waals surface area contributed by atoms with Gasteiger partial charge in [-0.15, -0.1) is 11.3 Å². The van der Waals surface area contributed by atoms with Crippen molar-refractivity contribution in [1.29, 1.82) is 0 Å². The van der Waals surface area contributed by atoms with Crippen LogP contribution in [-0.4, -0.2) is 12.9 Å². The molecule has 0 amide bonds. The Bertz CT molecular complexity index is 603. The predicted octanol–water partition coefficient (Wildman–Crippen LogP) is 5.47. The number of thiophene rings is 1. The van der Waals surface area contributed by atoms with Crippen LogP contribution in [0.4, 0.5) is 0 Å². The molecule has 2 aromatic rings. The van der Waals surface area contributed by atoms with E-state index in [-0.39, 0.29) is 5.78 Å². The van der Waals surface area contributed by atoms with Crippen LogP contribution in [0.25, 0.3) is 0 Å². The van der Waals surface area contributed by atoms with E-state index < -0.39 is 0 Å². The topological polar surface area (TPSA) is 26.3 Å². The van der Waals surface area contributed by atoms with Crippen molar-refractivity contribution in [3.05, 3.63) is 47.4 Å². The van der Waals surface area contributed by atoms with Crippen LogP contribution in [0.15, 0.2) is 37.0 Å². The third kappa shape index (κ3) is 3.68. The number of Topliss-reactive ketones (excluding diaryl/α,β-unsaturated/α-hetero) is 1. The molecule has 1 heterocycles. The summed E-state index contributed by atoms with van der Waals surface area (Å²) in [5.74, 6) is 0.805. The summed E-state index contributed by atoms with van der Waals surface area (Å²) >= 11 is 11.6. The standard InChI is InChI=1S/C13H9Br3O2S/c1-18-11-3-2-8(14)4-7(11)5-10(17)12-6-9(15)13(16)19-12/h2-4,6H,5H2,1H3. The summed E-state index contributed by atoms with van der Waals surface area (Å²) in [5.41, 5.74) is 0.877. The van der Waals surface area contributed by atoms with Crippen LogP contribution in [0, 0.1) is 0 Å². The number of hydrogen-bond donors (Lipinski definition) is 0. The molecule has 0 N–H and O–H groups in total. The molecule has 0 unspecified atom stereocenters. The average molecular weight is 469 g/mol. The van der Waals surface area contributed by atoms with Crippen molar-refractivity contribution < 1.29 is 9.53 Å². The van der Waals surface area contributed by atoms with E-state index in [2.05, 4.69) is 47.8 Å². The normalized spacial score (nSPS) is 10.5. The highest BCUT2D eigenvalue weighted by Gasteiger charge is 2.15. The molecule has 1 aromatic carbocycles. The molecule has 0 aliphatic rings. The molecule has 2 nitrogen and oxygen atoms in total. The van der Waals surface area contributed by atoms with Crippen LogP contribution in [0.2, 0.25) is 0 Å². The fraction of sp³-hybridized carbons (Fsp3) is 0.154. The number of ether oxygens (including phenoxy) is 1. The quantitative estimate of drug-likeness (QED) is 0.556. The van der Waals surface area contributed by atoms with Crippen LogP contribution in [0.3, 0.4) is 0 Å². The SMILES string of the molecule is COc1ccc(Br)cc1CC(=O)c1cc(Br)c(Br)s1. The summed E-state index contributed by atoms with van der Waals surface area (Å²) in [5, 5.41) is 0. The largest absolute Gasteiger partial charge is 0.496 e. The summed E-state index contributed by atoms with van der Waals surface area (Å²) in [6.07, 6.45) is 0.321. The molecular formula is C13H9Br3O2S. The van der Waals surface area contributed by atoms with Crippen molar-refractivity contribution in [2.24, 2.45) is 0 Å². The van der Waals surface area contributed by atoms with Gasteiger partial charge < -0.3 is 4.74 Å². The Hall–Kier alpha value is -0.170. The number of ketones is 1. The predicted molar refractivity (Wildman–Crippen MR) is 88.4 cm³/mol. The van der Waals surface area contributed by atoms with Crippen molar-refractivity contribution in [3.8, 4) is 5.75 Å². The first-order valence-electron chi connectivity index (χ1n) is 5.31. The zero-order chi connectivity index (χ0) is 14.0. The number of hydrogen-bond acceptors (Lipinski definition) is 3. The third-order valence-electron chi connectivity index (χ3n) is 2.51. The van der Waals surface area contributed by atoms with Crippen molar-refractivity contribution in [2.45, 2.75) is 6.42 Å². The molecule has 0 bridgehead atoms.